The topological polar surface area (TPSA) is 26.0 Å². The van der Waals surface area contributed by atoms with Crippen molar-refractivity contribution in [2.24, 2.45) is 29.4 Å². The van der Waals surface area contributed by atoms with Crippen molar-refractivity contribution < 1.29 is 13.2 Å². The van der Waals surface area contributed by atoms with E-state index < -0.39 is 12.1 Å². The molecule has 2 bridgehead atoms. The molecule has 0 aliphatic heterocycles. The van der Waals surface area contributed by atoms with Crippen molar-refractivity contribution in [3.63, 3.8) is 0 Å². The Morgan fingerprint density at radius 2 is 1.68 bits per heavy atom. The van der Waals surface area contributed by atoms with Crippen molar-refractivity contribution in [1.29, 1.82) is 0 Å². The second-order valence-electron chi connectivity index (χ2n) is 7.32. The Hall–Kier alpha value is -0.250. The summed E-state index contributed by atoms with van der Waals surface area (Å²) >= 11 is 0. The summed E-state index contributed by atoms with van der Waals surface area (Å²) in [6.07, 6.45) is 3.88. The standard InChI is InChI=1S/C15H24F3N/c16-15(17,18)13-3-5-14(19,6-4-13)9-12-8-10-1-2-11(12)7-10/h10-13H,1-9,19H2. The van der Waals surface area contributed by atoms with Gasteiger partial charge in [-0.1, -0.05) is 6.42 Å². The molecule has 19 heavy (non-hydrogen) atoms. The van der Waals surface area contributed by atoms with Gasteiger partial charge in [0.25, 0.3) is 0 Å². The Bertz CT molecular complexity index is 331. The molecular formula is C15H24F3N. The molecule has 110 valence electrons. The summed E-state index contributed by atoms with van der Waals surface area (Å²) in [7, 11) is 0. The number of nitrogens with two attached hydrogens (primary N) is 1. The Balaban J connectivity index is 1.54. The zero-order valence-corrected chi connectivity index (χ0v) is 11.4. The van der Waals surface area contributed by atoms with Crippen LogP contribution < -0.4 is 5.73 Å². The Morgan fingerprint density at radius 3 is 2.16 bits per heavy atom. The summed E-state index contributed by atoms with van der Waals surface area (Å²) in [5.41, 5.74) is 6.10. The van der Waals surface area contributed by atoms with Crippen LogP contribution >= 0.6 is 0 Å². The molecule has 3 fully saturated rings. The minimum absolute atomic E-state index is 0.237. The number of halogens is 3. The van der Waals surface area contributed by atoms with E-state index in [1.165, 1.54) is 25.7 Å². The summed E-state index contributed by atoms with van der Waals surface area (Å²) < 4.78 is 38.0. The molecule has 0 aromatic carbocycles. The molecule has 0 aromatic heterocycles. The monoisotopic (exact) mass is 275 g/mol. The predicted octanol–water partition coefficient (Wildman–Crippen LogP) is 4.26. The molecule has 3 aliphatic carbocycles. The van der Waals surface area contributed by atoms with Gasteiger partial charge in [0, 0.05) is 5.54 Å². The molecule has 0 amide bonds. The van der Waals surface area contributed by atoms with Crippen LogP contribution in [-0.4, -0.2) is 11.7 Å². The number of fused-ring (bicyclic) bond motifs is 2. The zero-order valence-electron chi connectivity index (χ0n) is 11.4. The van der Waals surface area contributed by atoms with Crippen LogP contribution in [0.25, 0.3) is 0 Å². The molecule has 3 saturated carbocycles. The molecule has 2 N–H and O–H groups in total. The van der Waals surface area contributed by atoms with Gasteiger partial charge in [-0.05, 0) is 69.1 Å². The number of alkyl halides is 3. The van der Waals surface area contributed by atoms with Crippen molar-refractivity contribution >= 4 is 0 Å². The lowest BCUT2D eigenvalue weighted by molar-refractivity contribution is -0.185. The molecule has 0 heterocycles. The van der Waals surface area contributed by atoms with Crippen molar-refractivity contribution in [3.8, 4) is 0 Å². The minimum Gasteiger partial charge on any atom is -0.325 e. The first kappa shape index (κ1) is 13.7. The second kappa shape index (κ2) is 4.64. The van der Waals surface area contributed by atoms with Gasteiger partial charge in [0.05, 0.1) is 5.92 Å². The number of hydrogen-bond acceptors (Lipinski definition) is 1. The highest BCUT2D eigenvalue weighted by Crippen LogP contribution is 2.52. The van der Waals surface area contributed by atoms with E-state index in [9.17, 15) is 13.2 Å². The van der Waals surface area contributed by atoms with Crippen LogP contribution in [-0.2, 0) is 0 Å². The lowest BCUT2D eigenvalue weighted by Crippen LogP contribution is -2.47. The molecule has 3 unspecified atom stereocenters. The highest BCUT2D eigenvalue weighted by molar-refractivity contribution is 4.98. The van der Waals surface area contributed by atoms with Crippen LogP contribution in [0.2, 0.25) is 0 Å². The maximum Gasteiger partial charge on any atom is 0.391 e. The van der Waals surface area contributed by atoms with E-state index in [2.05, 4.69) is 0 Å². The van der Waals surface area contributed by atoms with Gasteiger partial charge in [0.2, 0.25) is 0 Å². The third-order valence-electron chi connectivity index (χ3n) is 6.00. The van der Waals surface area contributed by atoms with E-state index in [1.807, 2.05) is 0 Å². The molecule has 0 radical (unpaired) electrons. The third-order valence-corrected chi connectivity index (χ3v) is 6.00. The van der Waals surface area contributed by atoms with E-state index in [4.69, 9.17) is 5.73 Å². The van der Waals surface area contributed by atoms with E-state index in [1.54, 1.807) is 0 Å². The average molecular weight is 275 g/mol. The molecule has 0 aromatic rings. The molecule has 3 rings (SSSR count). The highest BCUT2D eigenvalue weighted by atomic mass is 19.4. The number of hydrogen-bond donors (Lipinski definition) is 1. The normalized spacial score (nSPS) is 46.7. The van der Waals surface area contributed by atoms with Gasteiger partial charge >= 0.3 is 6.18 Å². The lowest BCUT2D eigenvalue weighted by atomic mass is 9.70. The quantitative estimate of drug-likeness (QED) is 0.800. The molecule has 1 nitrogen and oxygen atoms in total. The molecule has 3 atom stereocenters. The van der Waals surface area contributed by atoms with E-state index in [0.717, 1.165) is 18.3 Å². The van der Waals surface area contributed by atoms with E-state index in [0.29, 0.717) is 18.8 Å². The Kier molecular flexibility index (Phi) is 3.35. The maximum absolute atomic E-state index is 12.7. The summed E-state index contributed by atoms with van der Waals surface area (Å²) in [4.78, 5) is 0. The van der Waals surface area contributed by atoms with Gasteiger partial charge in [-0.25, -0.2) is 0 Å². The molecular weight excluding hydrogens is 251 g/mol. The largest absolute Gasteiger partial charge is 0.391 e. The lowest BCUT2D eigenvalue weighted by Gasteiger charge is -2.40. The fourth-order valence-electron chi connectivity index (χ4n) is 4.87. The van der Waals surface area contributed by atoms with Crippen LogP contribution in [0.15, 0.2) is 0 Å². The SMILES string of the molecule is NC1(CC2CC3CCC2C3)CCC(C(F)(F)F)CC1. The van der Waals surface area contributed by atoms with Crippen LogP contribution in [0.4, 0.5) is 13.2 Å². The summed E-state index contributed by atoms with van der Waals surface area (Å²) in [6.45, 7) is 0. The predicted molar refractivity (Wildman–Crippen MR) is 68.5 cm³/mol. The minimum atomic E-state index is -4.02. The summed E-state index contributed by atoms with van der Waals surface area (Å²) in [5, 5.41) is 0. The van der Waals surface area contributed by atoms with Gasteiger partial charge < -0.3 is 5.73 Å². The van der Waals surface area contributed by atoms with Gasteiger partial charge in [0.15, 0.2) is 0 Å². The first-order valence-electron chi connectivity index (χ1n) is 7.71. The van der Waals surface area contributed by atoms with Crippen LogP contribution in [0.3, 0.4) is 0 Å². The fraction of sp³-hybridized carbons (Fsp3) is 1.00. The van der Waals surface area contributed by atoms with Crippen molar-refractivity contribution in [1.82, 2.24) is 0 Å². The first-order valence-corrected chi connectivity index (χ1v) is 7.71. The first-order chi connectivity index (χ1) is 8.86. The van der Waals surface area contributed by atoms with Crippen LogP contribution in [0.1, 0.15) is 57.8 Å². The fourth-order valence-corrected chi connectivity index (χ4v) is 4.87. The van der Waals surface area contributed by atoms with E-state index >= 15 is 0 Å². The molecule has 3 aliphatic rings. The van der Waals surface area contributed by atoms with Crippen molar-refractivity contribution in [2.75, 3.05) is 0 Å². The van der Waals surface area contributed by atoms with Gasteiger partial charge in [0.1, 0.15) is 0 Å². The van der Waals surface area contributed by atoms with Crippen molar-refractivity contribution in [3.05, 3.63) is 0 Å². The third kappa shape index (κ3) is 2.79. The van der Waals surface area contributed by atoms with Gasteiger partial charge in [-0.2, -0.15) is 13.2 Å². The van der Waals surface area contributed by atoms with Crippen LogP contribution in [0, 0.1) is 23.7 Å². The molecule has 0 spiro atoms. The summed E-state index contributed by atoms with van der Waals surface area (Å²) in [5.74, 6) is 1.31. The maximum atomic E-state index is 12.7. The summed E-state index contributed by atoms with van der Waals surface area (Å²) in [6, 6.07) is 0. The molecule has 0 saturated heterocycles. The Labute approximate surface area is 113 Å². The highest BCUT2D eigenvalue weighted by Gasteiger charge is 2.47. The smallest absolute Gasteiger partial charge is 0.325 e. The van der Waals surface area contributed by atoms with E-state index in [-0.39, 0.29) is 18.4 Å². The Morgan fingerprint density at radius 1 is 1.00 bits per heavy atom. The second-order valence-corrected chi connectivity index (χ2v) is 7.32. The van der Waals surface area contributed by atoms with Gasteiger partial charge in [-0.15, -0.1) is 0 Å². The van der Waals surface area contributed by atoms with Gasteiger partial charge in [-0.3, -0.25) is 0 Å². The van der Waals surface area contributed by atoms with Crippen LogP contribution in [0.5, 0.6) is 0 Å². The molecule has 4 heteroatoms. The number of rotatable bonds is 2. The zero-order chi connectivity index (χ0) is 13.7. The van der Waals surface area contributed by atoms with Crippen molar-refractivity contribution in [2.45, 2.75) is 69.5 Å². The average Bonchev–Trinajstić information content (AvgIpc) is 2.89.